The number of rotatable bonds is 4. The predicted octanol–water partition coefficient (Wildman–Crippen LogP) is 3.99. The second-order valence-electron chi connectivity index (χ2n) is 4.60. The van der Waals surface area contributed by atoms with E-state index in [9.17, 15) is 4.39 Å². The van der Waals surface area contributed by atoms with Crippen LogP contribution in [0.3, 0.4) is 0 Å². The van der Waals surface area contributed by atoms with E-state index in [4.69, 9.17) is 5.73 Å². The molecular weight excluding hydrogens is 225 g/mol. The summed E-state index contributed by atoms with van der Waals surface area (Å²) in [6.07, 6.45) is 1.88. The number of benzene rings is 1. The summed E-state index contributed by atoms with van der Waals surface area (Å²) in [4.78, 5) is 0. The van der Waals surface area contributed by atoms with Crippen LogP contribution in [-0.4, -0.2) is 0 Å². The third-order valence-electron chi connectivity index (χ3n) is 2.61. The molecular formula is C13H21ClFN. The molecule has 3 heteroatoms. The Morgan fingerprint density at radius 2 is 1.88 bits per heavy atom. The van der Waals surface area contributed by atoms with E-state index in [1.54, 1.807) is 12.1 Å². The van der Waals surface area contributed by atoms with Crippen LogP contribution in [0.25, 0.3) is 0 Å². The van der Waals surface area contributed by atoms with E-state index in [1.807, 2.05) is 13.0 Å². The summed E-state index contributed by atoms with van der Waals surface area (Å²) in [5.41, 5.74) is 7.53. The molecule has 0 saturated carbocycles. The van der Waals surface area contributed by atoms with Crippen LogP contribution in [0.2, 0.25) is 0 Å². The molecule has 92 valence electrons. The van der Waals surface area contributed by atoms with Crippen LogP contribution in [0.15, 0.2) is 18.2 Å². The standard InChI is InChI=1S/C13H20FN.ClH/c1-9(2)4-7-13(15)11-6-5-10(3)8-12(11)14;/h5-6,8-9,13H,4,7,15H2,1-3H3;1H/t13-;/m0./s1. The monoisotopic (exact) mass is 245 g/mol. The molecule has 0 aromatic heterocycles. The van der Waals surface area contributed by atoms with Crippen molar-refractivity contribution in [1.82, 2.24) is 0 Å². The van der Waals surface area contributed by atoms with Gasteiger partial charge in [-0.1, -0.05) is 26.0 Å². The smallest absolute Gasteiger partial charge is 0.128 e. The van der Waals surface area contributed by atoms with Gasteiger partial charge in [0.25, 0.3) is 0 Å². The highest BCUT2D eigenvalue weighted by atomic mass is 35.5. The molecule has 0 aliphatic rings. The molecule has 1 aromatic carbocycles. The van der Waals surface area contributed by atoms with Gasteiger partial charge in [0.05, 0.1) is 0 Å². The Kier molecular flexibility index (Phi) is 6.61. The molecule has 2 N–H and O–H groups in total. The lowest BCUT2D eigenvalue weighted by atomic mass is 9.97. The average molecular weight is 246 g/mol. The number of halogens is 2. The van der Waals surface area contributed by atoms with E-state index in [-0.39, 0.29) is 24.3 Å². The minimum Gasteiger partial charge on any atom is -0.324 e. The van der Waals surface area contributed by atoms with Gasteiger partial charge < -0.3 is 5.73 Å². The maximum atomic E-state index is 13.5. The zero-order valence-electron chi connectivity index (χ0n) is 10.2. The second-order valence-corrected chi connectivity index (χ2v) is 4.60. The van der Waals surface area contributed by atoms with E-state index in [0.717, 1.165) is 18.4 Å². The normalized spacial score (nSPS) is 12.4. The molecule has 0 aliphatic carbocycles. The van der Waals surface area contributed by atoms with E-state index in [0.29, 0.717) is 11.5 Å². The summed E-state index contributed by atoms with van der Waals surface area (Å²) in [5.74, 6) is 0.441. The van der Waals surface area contributed by atoms with Gasteiger partial charge in [0.2, 0.25) is 0 Å². The number of hydrogen-bond acceptors (Lipinski definition) is 1. The fourth-order valence-electron chi connectivity index (χ4n) is 1.60. The maximum absolute atomic E-state index is 13.5. The predicted molar refractivity (Wildman–Crippen MR) is 69.4 cm³/mol. The first-order chi connectivity index (χ1) is 7.00. The van der Waals surface area contributed by atoms with Gasteiger partial charge in [-0.05, 0) is 37.3 Å². The van der Waals surface area contributed by atoms with E-state index >= 15 is 0 Å². The minimum absolute atomic E-state index is 0. The van der Waals surface area contributed by atoms with Gasteiger partial charge in [0, 0.05) is 11.6 Å². The van der Waals surface area contributed by atoms with E-state index in [1.165, 1.54) is 0 Å². The first kappa shape index (κ1) is 15.4. The van der Waals surface area contributed by atoms with Crippen LogP contribution in [0, 0.1) is 18.7 Å². The van der Waals surface area contributed by atoms with Crippen LogP contribution < -0.4 is 5.73 Å². The zero-order valence-corrected chi connectivity index (χ0v) is 11.0. The van der Waals surface area contributed by atoms with E-state index < -0.39 is 0 Å². The molecule has 0 bridgehead atoms. The molecule has 0 radical (unpaired) electrons. The molecule has 1 aromatic rings. The molecule has 0 aliphatic heterocycles. The van der Waals surface area contributed by atoms with Crippen LogP contribution >= 0.6 is 12.4 Å². The van der Waals surface area contributed by atoms with Gasteiger partial charge in [-0.25, -0.2) is 4.39 Å². The van der Waals surface area contributed by atoms with Gasteiger partial charge in [-0.15, -0.1) is 12.4 Å². The lowest BCUT2D eigenvalue weighted by molar-refractivity contribution is 0.491. The van der Waals surface area contributed by atoms with Gasteiger partial charge >= 0.3 is 0 Å². The molecule has 0 unspecified atom stereocenters. The number of hydrogen-bond donors (Lipinski definition) is 1. The summed E-state index contributed by atoms with van der Waals surface area (Å²) >= 11 is 0. The fourth-order valence-corrected chi connectivity index (χ4v) is 1.60. The first-order valence-electron chi connectivity index (χ1n) is 5.52. The van der Waals surface area contributed by atoms with Gasteiger partial charge in [-0.2, -0.15) is 0 Å². The summed E-state index contributed by atoms with van der Waals surface area (Å²) in [6, 6.07) is 5.08. The van der Waals surface area contributed by atoms with Crippen molar-refractivity contribution in [2.24, 2.45) is 11.7 Å². The molecule has 1 nitrogen and oxygen atoms in total. The average Bonchev–Trinajstić information content (AvgIpc) is 2.14. The maximum Gasteiger partial charge on any atom is 0.128 e. The van der Waals surface area contributed by atoms with Crippen molar-refractivity contribution >= 4 is 12.4 Å². The van der Waals surface area contributed by atoms with Crippen molar-refractivity contribution in [3.63, 3.8) is 0 Å². The molecule has 0 spiro atoms. The minimum atomic E-state index is -0.175. The van der Waals surface area contributed by atoms with Gasteiger partial charge in [-0.3, -0.25) is 0 Å². The third-order valence-corrected chi connectivity index (χ3v) is 2.61. The van der Waals surface area contributed by atoms with Crippen molar-refractivity contribution in [3.8, 4) is 0 Å². The van der Waals surface area contributed by atoms with E-state index in [2.05, 4.69) is 13.8 Å². The Morgan fingerprint density at radius 3 is 2.38 bits per heavy atom. The summed E-state index contributed by atoms with van der Waals surface area (Å²) in [5, 5.41) is 0. The van der Waals surface area contributed by atoms with Gasteiger partial charge in [0.15, 0.2) is 0 Å². The van der Waals surface area contributed by atoms with Crippen LogP contribution in [-0.2, 0) is 0 Å². The lowest BCUT2D eigenvalue weighted by Gasteiger charge is -2.14. The van der Waals surface area contributed by atoms with Crippen molar-refractivity contribution < 1.29 is 4.39 Å². The van der Waals surface area contributed by atoms with Crippen LogP contribution in [0.4, 0.5) is 4.39 Å². The van der Waals surface area contributed by atoms with Gasteiger partial charge in [0.1, 0.15) is 5.82 Å². The van der Waals surface area contributed by atoms with Crippen molar-refractivity contribution in [2.75, 3.05) is 0 Å². The Balaban J connectivity index is 0.00000225. The Bertz CT molecular complexity index is 326. The summed E-state index contributed by atoms with van der Waals surface area (Å²) < 4.78 is 13.5. The molecule has 1 atom stereocenters. The molecule has 1 rings (SSSR count). The Labute approximate surface area is 104 Å². The molecule has 0 heterocycles. The topological polar surface area (TPSA) is 26.0 Å². The summed E-state index contributed by atoms with van der Waals surface area (Å²) in [6.45, 7) is 6.18. The quantitative estimate of drug-likeness (QED) is 0.853. The zero-order chi connectivity index (χ0) is 11.4. The lowest BCUT2D eigenvalue weighted by Crippen LogP contribution is -2.13. The summed E-state index contributed by atoms with van der Waals surface area (Å²) in [7, 11) is 0. The number of nitrogens with two attached hydrogens (primary N) is 1. The highest BCUT2D eigenvalue weighted by molar-refractivity contribution is 5.85. The highest BCUT2D eigenvalue weighted by Gasteiger charge is 2.11. The van der Waals surface area contributed by atoms with Crippen molar-refractivity contribution in [1.29, 1.82) is 0 Å². The van der Waals surface area contributed by atoms with Crippen molar-refractivity contribution in [2.45, 2.75) is 39.7 Å². The molecule has 0 amide bonds. The Morgan fingerprint density at radius 1 is 1.25 bits per heavy atom. The first-order valence-corrected chi connectivity index (χ1v) is 5.52. The second kappa shape index (κ2) is 6.87. The fraction of sp³-hybridized carbons (Fsp3) is 0.538. The third kappa shape index (κ3) is 4.50. The highest BCUT2D eigenvalue weighted by Crippen LogP contribution is 2.21. The molecule has 0 saturated heterocycles. The van der Waals surface area contributed by atoms with Crippen molar-refractivity contribution in [3.05, 3.63) is 35.1 Å². The number of aryl methyl sites for hydroxylation is 1. The Hall–Kier alpha value is -0.600. The molecule has 0 fully saturated rings. The van der Waals surface area contributed by atoms with Crippen LogP contribution in [0.5, 0.6) is 0 Å². The van der Waals surface area contributed by atoms with Crippen LogP contribution in [0.1, 0.15) is 43.9 Å². The largest absolute Gasteiger partial charge is 0.324 e. The SMILES string of the molecule is Cc1ccc([C@@H](N)CCC(C)C)c(F)c1.Cl. The molecule has 16 heavy (non-hydrogen) atoms.